The second-order valence-corrected chi connectivity index (χ2v) is 3.81. The van der Waals surface area contributed by atoms with Crippen LogP contribution in [-0.4, -0.2) is 18.0 Å². The molecule has 1 amide bonds. The summed E-state index contributed by atoms with van der Waals surface area (Å²) in [4.78, 5) is 22.0. The molecule has 2 N–H and O–H groups in total. The van der Waals surface area contributed by atoms with Gasteiger partial charge in [0.15, 0.2) is 0 Å². The van der Waals surface area contributed by atoms with Crippen LogP contribution in [0.1, 0.15) is 29.8 Å². The Balaban J connectivity index is 2.66. The first-order chi connectivity index (χ1) is 7.99. The Morgan fingerprint density at radius 1 is 1.24 bits per heavy atom. The summed E-state index contributed by atoms with van der Waals surface area (Å²) in [6, 6.07) is 6.63. The fraction of sp³-hybridized carbons (Fsp3) is 0.231. The zero-order valence-electron chi connectivity index (χ0n) is 9.84. The van der Waals surface area contributed by atoms with Gasteiger partial charge >= 0.3 is 5.97 Å². The Labute approximate surface area is 100 Å². The van der Waals surface area contributed by atoms with Crippen molar-refractivity contribution in [2.45, 2.75) is 20.0 Å². The van der Waals surface area contributed by atoms with Crippen LogP contribution in [0.5, 0.6) is 0 Å². The molecule has 1 aromatic carbocycles. The summed E-state index contributed by atoms with van der Waals surface area (Å²) in [6.45, 7) is 3.57. The predicted molar refractivity (Wildman–Crippen MR) is 65.2 cm³/mol. The highest BCUT2D eigenvalue weighted by Gasteiger charge is 2.01. The molecule has 0 radical (unpaired) electrons. The first-order valence-corrected chi connectivity index (χ1v) is 5.27. The molecule has 90 valence electrons. The Morgan fingerprint density at radius 3 is 2.29 bits per heavy atom. The summed E-state index contributed by atoms with van der Waals surface area (Å²) in [5.74, 6) is -0.862. The van der Waals surface area contributed by atoms with E-state index >= 15 is 0 Å². The molecule has 0 fully saturated rings. The summed E-state index contributed by atoms with van der Waals surface area (Å²) in [5.41, 5.74) is 6.35. The third kappa shape index (κ3) is 4.51. The number of primary amides is 1. The molecule has 0 aliphatic carbocycles. The number of esters is 1. The molecule has 1 rings (SSSR count). The molecule has 0 spiro atoms. The van der Waals surface area contributed by atoms with Gasteiger partial charge in [0.05, 0.1) is 6.10 Å². The van der Waals surface area contributed by atoms with Gasteiger partial charge in [-0.1, -0.05) is 12.1 Å². The van der Waals surface area contributed by atoms with E-state index in [4.69, 9.17) is 10.5 Å². The minimum absolute atomic E-state index is 0.135. The lowest BCUT2D eigenvalue weighted by atomic mass is 10.1. The van der Waals surface area contributed by atoms with E-state index in [1.807, 2.05) is 0 Å². The van der Waals surface area contributed by atoms with Crippen molar-refractivity contribution in [3.8, 4) is 0 Å². The fourth-order valence-electron chi connectivity index (χ4n) is 1.19. The van der Waals surface area contributed by atoms with E-state index in [1.54, 1.807) is 44.2 Å². The first-order valence-electron chi connectivity index (χ1n) is 5.27. The zero-order valence-corrected chi connectivity index (χ0v) is 9.84. The number of hydrogen-bond acceptors (Lipinski definition) is 3. The van der Waals surface area contributed by atoms with Crippen molar-refractivity contribution in [1.29, 1.82) is 0 Å². The van der Waals surface area contributed by atoms with Crippen LogP contribution in [0, 0.1) is 0 Å². The smallest absolute Gasteiger partial charge is 0.331 e. The van der Waals surface area contributed by atoms with Crippen LogP contribution in [0.4, 0.5) is 0 Å². The van der Waals surface area contributed by atoms with E-state index < -0.39 is 5.91 Å². The molecule has 17 heavy (non-hydrogen) atoms. The zero-order chi connectivity index (χ0) is 12.8. The average molecular weight is 233 g/mol. The topological polar surface area (TPSA) is 69.4 Å². The Morgan fingerprint density at radius 2 is 1.82 bits per heavy atom. The third-order valence-electron chi connectivity index (χ3n) is 1.96. The van der Waals surface area contributed by atoms with Gasteiger partial charge in [-0.15, -0.1) is 0 Å². The minimum Gasteiger partial charge on any atom is -0.460 e. The van der Waals surface area contributed by atoms with Crippen LogP contribution in [0.2, 0.25) is 0 Å². The second kappa shape index (κ2) is 5.84. The summed E-state index contributed by atoms with van der Waals surface area (Å²) in [7, 11) is 0. The molecule has 4 heteroatoms. The fourth-order valence-corrected chi connectivity index (χ4v) is 1.19. The van der Waals surface area contributed by atoms with Gasteiger partial charge in [0, 0.05) is 11.6 Å². The van der Waals surface area contributed by atoms with Crippen molar-refractivity contribution in [2.75, 3.05) is 0 Å². The van der Waals surface area contributed by atoms with Crippen LogP contribution < -0.4 is 5.73 Å². The average Bonchev–Trinajstić information content (AvgIpc) is 2.26. The molecule has 0 aromatic heterocycles. The molecule has 0 aliphatic heterocycles. The molecule has 0 atom stereocenters. The highest BCUT2D eigenvalue weighted by atomic mass is 16.5. The number of carbonyl (C=O) groups is 2. The van der Waals surface area contributed by atoms with Gasteiger partial charge < -0.3 is 10.5 Å². The van der Waals surface area contributed by atoms with Crippen molar-refractivity contribution in [1.82, 2.24) is 0 Å². The largest absolute Gasteiger partial charge is 0.460 e. The van der Waals surface area contributed by atoms with Crippen LogP contribution in [0.3, 0.4) is 0 Å². The Hall–Kier alpha value is -2.10. The highest BCUT2D eigenvalue weighted by molar-refractivity contribution is 5.93. The molecule has 0 heterocycles. The molecule has 0 aliphatic rings. The number of amides is 1. The number of carbonyl (C=O) groups excluding carboxylic acids is 2. The second-order valence-electron chi connectivity index (χ2n) is 3.81. The maximum Gasteiger partial charge on any atom is 0.331 e. The molecule has 0 bridgehead atoms. The third-order valence-corrected chi connectivity index (χ3v) is 1.96. The summed E-state index contributed by atoms with van der Waals surface area (Å²) in [6.07, 6.45) is 2.83. The van der Waals surface area contributed by atoms with Gasteiger partial charge in [-0.2, -0.15) is 0 Å². The molecule has 4 nitrogen and oxygen atoms in total. The van der Waals surface area contributed by atoms with Gasteiger partial charge in [-0.3, -0.25) is 4.79 Å². The van der Waals surface area contributed by atoms with Gasteiger partial charge in [-0.25, -0.2) is 4.79 Å². The van der Waals surface area contributed by atoms with E-state index in [0.29, 0.717) is 5.56 Å². The van der Waals surface area contributed by atoms with Crippen LogP contribution in [0.15, 0.2) is 30.3 Å². The van der Waals surface area contributed by atoms with E-state index in [0.717, 1.165) is 5.56 Å². The SMILES string of the molecule is CC(C)OC(=O)C=Cc1ccc(C(N)=O)cc1. The van der Waals surface area contributed by atoms with E-state index in [9.17, 15) is 9.59 Å². The molecule has 0 saturated carbocycles. The van der Waals surface area contributed by atoms with Crippen molar-refractivity contribution in [2.24, 2.45) is 5.73 Å². The maximum absolute atomic E-state index is 11.2. The molecule has 0 saturated heterocycles. The lowest BCUT2D eigenvalue weighted by molar-refractivity contribution is -0.141. The van der Waals surface area contributed by atoms with Crippen LogP contribution in [-0.2, 0) is 9.53 Å². The number of ether oxygens (including phenoxy) is 1. The van der Waals surface area contributed by atoms with E-state index in [2.05, 4.69) is 0 Å². The normalized spacial score (nSPS) is 10.8. The molecular weight excluding hydrogens is 218 g/mol. The van der Waals surface area contributed by atoms with Crippen molar-refractivity contribution >= 4 is 18.0 Å². The van der Waals surface area contributed by atoms with Gasteiger partial charge in [0.2, 0.25) is 5.91 Å². The van der Waals surface area contributed by atoms with Crippen LogP contribution in [0.25, 0.3) is 6.08 Å². The maximum atomic E-state index is 11.2. The monoisotopic (exact) mass is 233 g/mol. The minimum atomic E-state index is -0.472. The van der Waals surface area contributed by atoms with Crippen molar-refractivity contribution < 1.29 is 14.3 Å². The van der Waals surface area contributed by atoms with Crippen molar-refractivity contribution in [3.63, 3.8) is 0 Å². The molecule has 1 aromatic rings. The van der Waals surface area contributed by atoms with Gasteiger partial charge in [-0.05, 0) is 37.6 Å². The van der Waals surface area contributed by atoms with Crippen LogP contribution >= 0.6 is 0 Å². The molecular formula is C13H15NO3. The lowest BCUT2D eigenvalue weighted by Crippen LogP contribution is -2.10. The first kappa shape index (κ1) is 13.0. The van der Waals surface area contributed by atoms with Crippen molar-refractivity contribution in [3.05, 3.63) is 41.5 Å². The number of rotatable bonds is 4. The van der Waals surface area contributed by atoms with Gasteiger partial charge in [0.25, 0.3) is 0 Å². The summed E-state index contributed by atoms with van der Waals surface area (Å²) >= 11 is 0. The van der Waals surface area contributed by atoms with E-state index in [1.165, 1.54) is 6.08 Å². The quantitative estimate of drug-likeness (QED) is 0.636. The van der Waals surface area contributed by atoms with E-state index in [-0.39, 0.29) is 12.1 Å². The predicted octanol–water partition coefficient (Wildman–Crippen LogP) is 1.75. The Bertz CT molecular complexity index is 432. The Kier molecular flexibility index (Phi) is 4.46. The summed E-state index contributed by atoms with van der Waals surface area (Å²) < 4.78 is 4.93. The summed E-state index contributed by atoms with van der Waals surface area (Å²) in [5, 5.41) is 0. The number of nitrogens with two attached hydrogens (primary N) is 1. The lowest BCUT2D eigenvalue weighted by Gasteiger charge is -2.03. The number of benzene rings is 1. The highest BCUT2D eigenvalue weighted by Crippen LogP contribution is 2.06. The number of hydrogen-bond donors (Lipinski definition) is 1. The standard InChI is InChI=1S/C13H15NO3/c1-9(2)17-12(15)8-5-10-3-6-11(7-4-10)13(14)16/h3-9H,1-2H3,(H2,14,16). The molecule has 0 unspecified atom stereocenters. The van der Waals surface area contributed by atoms with Gasteiger partial charge in [0.1, 0.15) is 0 Å².